The molecule has 0 aliphatic carbocycles. The summed E-state index contributed by atoms with van der Waals surface area (Å²) in [5.41, 5.74) is 1.45. The van der Waals surface area contributed by atoms with Gasteiger partial charge in [-0.15, -0.1) is 11.3 Å². The molecule has 1 saturated heterocycles. The molecule has 0 unspecified atom stereocenters. The fourth-order valence-corrected chi connectivity index (χ4v) is 2.99. The normalized spacial score (nSPS) is 18.2. The predicted octanol–water partition coefficient (Wildman–Crippen LogP) is 1.94. The minimum absolute atomic E-state index is 0.742. The third-order valence-corrected chi connectivity index (χ3v) is 4.18. The summed E-state index contributed by atoms with van der Waals surface area (Å²) in [7, 11) is 0. The highest BCUT2D eigenvalue weighted by atomic mass is 32.1. The van der Waals surface area contributed by atoms with E-state index >= 15 is 0 Å². The number of nitrogens with one attached hydrogen (secondary N) is 2. The Morgan fingerprint density at radius 1 is 1.47 bits per heavy atom. The average Bonchev–Trinajstić information content (AvgIpc) is 2.66. The van der Waals surface area contributed by atoms with E-state index in [0.29, 0.717) is 0 Å². The van der Waals surface area contributed by atoms with Gasteiger partial charge in [0.2, 0.25) is 0 Å². The van der Waals surface area contributed by atoms with Crippen LogP contribution in [0.1, 0.15) is 23.3 Å². The lowest BCUT2D eigenvalue weighted by Gasteiger charge is -2.23. The molecule has 2 heterocycles. The first-order valence-corrected chi connectivity index (χ1v) is 6.71. The van der Waals surface area contributed by atoms with E-state index in [1.807, 2.05) is 11.3 Å². The van der Waals surface area contributed by atoms with Crippen molar-refractivity contribution >= 4 is 11.3 Å². The Morgan fingerprint density at radius 3 is 2.93 bits per heavy atom. The quantitative estimate of drug-likeness (QED) is 0.817. The molecule has 2 nitrogen and oxygen atoms in total. The molecular formula is C12H20N2S. The Hall–Kier alpha value is -0.380. The van der Waals surface area contributed by atoms with Gasteiger partial charge in [-0.25, -0.2) is 0 Å². The summed E-state index contributed by atoms with van der Waals surface area (Å²) >= 11 is 1.88. The molecule has 84 valence electrons. The fraction of sp³-hybridized carbons (Fsp3) is 0.667. The third kappa shape index (κ3) is 3.30. The van der Waals surface area contributed by atoms with Crippen LogP contribution in [0.15, 0.2) is 11.4 Å². The minimum Gasteiger partial charge on any atom is -0.317 e. The van der Waals surface area contributed by atoms with Gasteiger partial charge in [0.25, 0.3) is 0 Å². The zero-order valence-electron chi connectivity index (χ0n) is 9.38. The topological polar surface area (TPSA) is 24.1 Å². The molecule has 1 aromatic heterocycles. The molecule has 1 fully saturated rings. The molecule has 2 rings (SSSR count). The van der Waals surface area contributed by atoms with Crippen molar-refractivity contribution < 1.29 is 0 Å². The maximum absolute atomic E-state index is 3.65. The van der Waals surface area contributed by atoms with Gasteiger partial charge in [0, 0.05) is 17.5 Å². The van der Waals surface area contributed by atoms with Crippen LogP contribution in [0.5, 0.6) is 0 Å². The second-order valence-corrected chi connectivity index (χ2v) is 5.26. The van der Waals surface area contributed by atoms with Crippen molar-refractivity contribution in [2.45, 2.75) is 32.2 Å². The van der Waals surface area contributed by atoms with E-state index in [2.05, 4.69) is 29.0 Å². The number of piperidine rings is 1. The molecule has 0 aromatic carbocycles. The Morgan fingerprint density at radius 2 is 2.27 bits per heavy atom. The van der Waals surface area contributed by atoms with Gasteiger partial charge < -0.3 is 10.6 Å². The van der Waals surface area contributed by atoms with E-state index in [1.165, 1.54) is 42.8 Å². The zero-order valence-corrected chi connectivity index (χ0v) is 10.2. The van der Waals surface area contributed by atoms with Crippen LogP contribution >= 0.6 is 11.3 Å². The molecule has 2 N–H and O–H groups in total. The molecular weight excluding hydrogens is 204 g/mol. The lowest BCUT2D eigenvalue weighted by atomic mass is 10.1. The molecule has 1 aromatic rings. The summed E-state index contributed by atoms with van der Waals surface area (Å²) in [6.45, 7) is 5.69. The molecule has 15 heavy (non-hydrogen) atoms. The van der Waals surface area contributed by atoms with Crippen LogP contribution in [0, 0.1) is 6.92 Å². The van der Waals surface area contributed by atoms with Crippen LogP contribution in [-0.2, 0) is 6.42 Å². The number of hydrogen-bond acceptors (Lipinski definition) is 3. The third-order valence-electron chi connectivity index (χ3n) is 3.09. The SMILES string of the molecule is Cc1ccsc1CCNC1CCNCC1. The molecule has 0 radical (unpaired) electrons. The predicted molar refractivity (Wildman–Crippen MR) is 66.7 cm³/mol. The highest BCUT2D eigenvalue weighted by molar-refractivity contribution is 7.10. The Balaban J connectivity index is 1.68. The summed E-state index contributed by atoms with van der Waals surface area (Å²) < 4.78 is 0. The largest absolute Gasteiger partial charge is 0.317 e. The van der Waals surface area contributed by atoms with Crippen molar-refractivity contribution in [3.8, 4) is 0 Å². The lowest BCUT2D eigenvalue weighted by Crippen LogP contribution is -2.40. The fourth-order valence-electron chi connectivity index (χ4n) is 2.08. The Labute approximate surface area is 96.1 Å². The molecule has 3 heteroatoms. The lowest BCUT2D eigenvalue weighted by molar-refractivity contribution is 0.390. The smallest absolute Gasteiger partial charge is 0.00913 e. The standard InChI is InChI=1S/C12H20N2S/c1-10-5-9-15-12(10)4-8-14-11-2-6-13-7-3-11/h5,9,11,13-14H,2-4,6-8H2,1H3. The van der Waals surface area contributed by atoms with Crippen LogP contribution in [0.3, 0.4) is 0 Å². The van der Waals surface area contributed by atoms with Gasteiger partial charge in [-0.3, -0.25) is 0 Å². The number of thiophene rings is 1. The minimum atomic E-state index is 0.742. The highest BCUT2D eigenvalue weighted by Gasteiger charge is 2.11. The van der Waals surface area contributed by atoms with Crippen LogP contribution < -0.4 is 10.6 Å². The van der Waals surface area contributed by atoms with Crippen molar-refractivity contribution in [2.75, 3.05) is 19.6 Å². The highest BCUT2D eigenvalue weighted by Crippen LogP contribution is 2.15. The number of aryl methyl sites for hydroxylation is 1. The van der Waals surface area contributed by atoms with Crippen molar-refractivity contribution in [2.24, 2.45) is 0 Å². The van der Waals surface area contributed by atoms with Gasteiger partial charge in [-0.1, -0.05) is 0 Å². The summed E-state index contributed by atoms with van der Waals surface area (Å²) in [4.78, 5) is 1.54. The van der Waals surface area contributed by atoms with Gasteiger partial charge in [0.05, 0.1) is 0 Å². The Kier molecular flexibility index (Phi) is 4.18. The summed E-state index contributed by atoms with van der Waals surface area (Å²) in [5.74, 6) is 0. The first-order chi connectivity index (χ1) is 7.36. The van der Waals surface area contributed by atoms with Crippen molar-refractivity contribution in [3.05, 3.63) is 21.9 Å². The second-order valence-electron chi connectivity index (χ2n) is 4.26. The van der Waals surface area contributed by atoms with Gasteiger partial charge in [0.1, 0.15) is 0 Å². The average molecular weight is 224 g/mol. The molecule has 1 aliphatic rings. The summed E-state index contributed by atoms with van der Waals surface area (Å²) in [6.07, 6.45) is 3.75. The maximum Gasteiger partial charge on any atom is 0.00913 e. The second kappa shape index (κ2) is 5.64. The van der Waals surface area contributed by atoms with E-state index < -0.39 is 0 Å². The van der Waals surface area contributed by atoms with Gasteiger partial charge >= 0.3 is 0 Å². The van der Waals surface area contributed by atoms with Crippen LogP contribution in [0.2, 0.25) is 0 Å². The molecule has 0 spiro atoms. The van der Waals surface area contributed by atoms with E-state index in [-0.39, 0.29) is 0 Å². The van der Waals surface area contributed by atoms with Gasteiger partial charge in [0.15, 0.2) is 0 Å². The van der Waals surface area contributed by atoms with Crippen LogP contribution in [0.4, 0.5) is 0 Å². The maximum atomic E-state index is 3.65. The van der Waals surface area contributed by atoms with Crippen LogP contribution in [0.25, 0.3) is 0 Å². The molecule has 0 amide bonds. The van der Waals surface area contributed by atoms with Gasteiger partial charge in [-0.2, -0.15) is 0 Å². The van der Waals surface area contributed by atoms with Crippen molar-refractivity contribution in [3.63, 3.8) is 0 Å². The zero-order chi connectivity index (χ0) is 10.5. The van der Waals surface area contributed by atoms with Crippen molar-refractivity contribution in [1.82, 2.24) is 10.6 Å². The number of rotatable bonds is 4. The Bertz CT molecular complexity index is 290. The molecule has 0 saturated carbocycles. The summed E-state index contributed by atoms with van der Waals surface area (Å²) in [6, 6.07) is 2.95. The van der Waals surface area contributed by atoms with Gasteiger partial charge in [-0.05, 0) is 56.3 Å². The monoisotopic (exact) mass is 224 g/mol. The molecule has 0 bridgehead atoms. The van der Waals surface area contributed by atoms with E-state index in [0.717, 1.165) is 12.6 Å². The summed E-state index contributed by atoms with van der Waals surface area (Å²) in [5, 5.41) is 9.23. The first-order valence-electron chi connectivity index (χ1n) is 5.83. The van der Waals surface area contributed by atoms with E-state index in [4.69, 9.17) is 0 Å². The number of hydrogen-bond donors (Lipinski definition) is 2. The van der Waals surface area contributed by atoms with Crippen LogP contribution in [-0.4, -0.2) is 25.7 Å². The van der Waals surface area contributed by atoms with E-state index in [1.54, 1.807) is 0 Å². The molecule has 1 aliphatic heterocycles. The van der Waals surface area contributed by atoms with E-state index in [9.17, 15) is 0 Å². The molecule has 0 atom stereocenters. The van der Waals surface area contributed by atoms with Crippen molar-refractivity contribution in [1.29, 1.82) is 0 Å². The first kappa shape index (κ1) is 11.1.